The topological polar surface area (TPSA) is 55.2 Å². The normalized spacial score (nSPS) is 13.9. The van der Waals surface area contributed by atoms with Crippen LogP contribution in [0.5, 0.6) is 0 Å². The van der Waals surface area contributed by atoms with Crippen LogP contribution in [0.4, 0.5) is 5.69 Å². The number of rotatable bonds is 1. The third-order valence-corrected chi connectivity index (χ3v) is 3.14. The van der Waals surface area contributed by atoms with E-state index in [9.17, 15) is 10.1 Å². The molecule has 0 aliphatic carbocycles. The third kappa shape index (κ3) is 2.30. The number of fused-ring (bicyclic) bond motifs is 1. The molecule has 0 unspecified atom stereocenters. The van der Waals surface area contributed by atoms with Gasteiger partial charge in [-0.25, -0.2) is 0 Å². The van der Waals surface area contributed by atoms with E-state index in [4.69, 9.17) is 0 Å². The van der Waals surface area contributed by atoms with Gasteiger partial charge in [0.2, 0.25) is 0 Å². The first-order chi connectivity index (χ1) is 6.70. The van der Waals surface area contributed by atoms with Gasteiger partial charge in [0.05, 0.1) is 4.92 Å². The molecular formula is C9H10BrClN2O2. The van der Waals surface area contributed by atoms with Crippen molar-refractivity contribution in [1.29, 1.82) is 0 Å². The van der Waals surface area contributed by atoms with Crippen LogP contribution in [-0.4, -0.2) is 11.5 Å². The molecule has 0 amide bonds. The Hall–Kier alpha value is -0.650. The van der Waals surface area contributed by atoms with E-state index in [1.165, 1.54) is 0 Å². The maximum absolute atomic E-state index is 10.8. The molecular weight excluding hydrogens is 283 g/mol. The van der Waals surface area contributed by atoms with Crippen molar-refractivity contribution in [2.24, 2.45) is 0 Å². The van der Waals surface area contributed by atoms with E-state index in [0.29, 0.717) is 6.54 Å². The minimum absolute atomic E-state index is 0. The standard InChI is InChI=1S/C9H9BrN2O2.ClH/c10-8-1-2-9(12(13)14)6-3-4-11-5-7(6)8;/h1-2,11H,3-5H2;1H. The van der Waals surface area contributed by atoms with Crippen molar-refractivity contribution in [2.75, 3.05) is 6.54 Å². The zero-order valence-electron chi connectivity index (χ0n) is 7.83. The van der Waals surface area contributed by atoms with Crippen molar-refractivity contribution >= 4 is 34.0 Å². The van der Waals surface area contributed by atoms with Crippen molar-refractivity contribution in [3.8, 4) is 0 Å². The maximum Gasteiger partial charge on any atom is 0.273 e. The Morgan fingerprint density at radius 3 is 2.80 bits per heavy atom. The van der Waals surface area contributed by atoms with Gasteiger partial charge in [-0.15, -0.1) is 12.4 Å². The summed E-state index contributed by atoms with van der Waals surface area (Å²) in [6.07, 6.45) is 0.727. The highest BCUT2D eigenvalue weighted by Gasteiger charge is 2.21. The van der Waals surface area contributed by atoms with Gasteiger partial charge in [0.15, 0.2) is 0 Å². The highest BCUT2D eigenvalue weighted by Crippen LogP contribution is 2.30. The zero-order chi connectivity index (χ0) is 10.1. The van der Waals surface area contributed by atoms with E-state index < -0.39 is 0 Å². The monoisotopic (exact) mass is 292 g/mol. The zero-order valence-corrected chi connectivity index (χ0v) is 10.2. The van der Waals surface area contributed by atoms with Gasteiger partial charge in [-0.05, 0) is 24.6 Å². The van der Waals surface area contributed by atoms with Gasteiger partial charge in [-0.3, -0.25) is 10.1 Å². The summed E-state index contributed by atoms with van der Waals surface area (Å²) in [5, 5.41) is 13.9. The summed E-state index contributed by atoms with van der Waals surface area (Å²) >= 11 is 3.40. The van der Waals surface area contributed by atoms with Crippen LogP contribution in [0.15, 0.2) is 16.6 Å². The molecule has 82 valence electrons. The predicted molar refractivity (Wildman–Crippen MR) is 63.5 cm³/mol. The molecule has 0 atom stereocenters. The lowest BCUT2D eigenvalue weighted by molar-refractivity contribution is -0.385. The summed E-state index contributed by atoms with van der Waals surface area (Å²) in [7, 11) is 0. The fraction of sp³-hybridized carbons (Fsp3) is 0.333. The molecule has 1 aliphatic rings. The molecule has 0 fully saturated rings. The van der Waals surface area contributed by atoms with Crippen molar-refractivity contribution in [2.45, 2.75) is 13.0 Å². The van der Waals surface area contributed by atoms with Gasteiger partial charge >= 0.3 is 0 Å². The molecule has 1 N–H and O–H groups in total. The van der Waals surface area contributed by atoms with Crippen LogP contribution in [-0.2, 0) is 13.0 Å². The molecule has 0 aromatic heterocycles. The molecule has 6 heteroatoms. The number of nitrogens with zero attached hydrogens (tertiary/aromatic N) is 1. The number of benzene rings is 1. The number of halogens is 2. The molecule has 4 nitrogen and oxygen atoms in total. The van der Waals surface area contributed by atoms with Crippen LogP contribution in [0.1, 0.15) is 11.1 Å². The van der Waals surface area contributed by atoms with Crippen molar-refractivity contribution in [3.63, 3.8) is 0 Å². The second-order valence-corrected chi connectivity index (χ2v) is 4.06. The van der Waals surface area contributed by atoms with Crippen LogP contribution < -0.4 is 5.32 Å². The molecule has 0 radical (unpaired) electrons. The number of nitrogens with one attached hydrogen (secondary N) is 1. The Labute approximate surface area is 102 Å². The van der Waals surface area contributed by atoms with E-state index in [0.717, 1.165) is 28.6 Å². The van der Waals surface area contributed by atoms with Gasteiger partial charge < -0.3 is 5.32 Å². The van der Waals surface area contributed by atoms with Gasteiger partial charge in [0, 0.05) is 22.6 Å². The smallest absolute Gasteiger partial charge is 0.273 e. The summed E-state index contributed by atoms with van der Waals surface area (Å²) in [4.78, 5) is 10.4. The average molecular weight is 294 g/mol. The van der Waals surface area contributed by atoms with Gasteiger partial charge in [0.1, 0.15) is 0 Å². The minimum atomic E-state index is -0.309. The Kier molecular flexibility index (Phi) is 4.07. The molecule has 0 bridgehead atoms. The van der Waals surface area contributed by atoms with E-state index in [-0.39, 0.29) is 23.0 Å². The maximum atomic E-state index is 10.8. The van der Waals surface area contributed by atoms with Gasteiger partial charge in [-0.2, -0.15) is 0 Å². The number of hydrogen-bond donors (Lipinski definition) is 1. The van der Waals surface area contributed by atoms with Gasteiger partial charge in [-0.1, -0.05) is 15.9 Å². The second kappa shape index (κ2) is 4.92. The SMILES string of the molecule is Cl.O=[N+]([O-])c1ccc(Br)c2c1CCNC2. The fourth-order valence-electron chi connectivity index (χ4n) is 1.72. The fourth-order valence-corrected chi connectivity index (χ4v) is 2.23. The molecule has 1 aromatic rings. The number of hydrogen-bond acceptors (Lipinski definition) is 3. The number of nitro groups is 1. The molecule has 1 heterocycles. The van der Waals surface area contributed by atoms with E-state index in [2.05, 4.69) is 21.2 Å². The van der Waals surface area contributed by atoms with E-state index in [1.54, 1.807) is 12.1 Å². The minimum Gasteiger partial charge on any atom is -0.312 e. The lowest BCUT2D eigenvalue weighted by Crippen LogP contribution is -2.24. The second-order valence-electron chi connectivity index (χ2n) is 3.21. The van der Waals surface area contributed by atoms with E-state index >= 15 is 0 Å². The quantitative estimate of drug-likeness (QED) is 0.639. The molecule has 15 heavy (non-hydrogen) atoms. The van der Waals surface area contributed by atoms with Crippen LogP contribution in [0.3, 0.4) is 0 Å². The Balaban J connectivity index is 0.00000112. The van der Waals surface area contributed by atoms with Gasteiger partial charge in [0.25, 0.3) is 5.69 Å². The summed E-state index contributed by atoms with van der Waals surface area (Å²) in [6, 6.07) is 3.30. The van der Waals surface area contributed by atoms with Crippen molar-refractivity contribution < 1.29 is 4.92 Å². The Bertz CT molecular complexity index is 398. The highest BCUT2D eigenvalue weighted by atomic mass is 79.9. The number of nitro benzene ring substituents is 1. The molecule has 0 spiro atoms. The predicted octanol–water partition coefficient (Wildman–Crippen LogP) is 2.42. The average Bonchev–Trinajstić information content (AvgIpc) is 2.18. The third-order valence-electron chi connectivity index (χ3n) is 2.40. The first kappa shape index (κ1) is 12.4. The lowest BCUT2D eigenvalue weighted by atomic mass is 9.99. The van der Waals surface area contributed by atoms with Crippen LogP contribution >= 0.6 is 28.3 Å². The largest absolute Gasteiger partial charge is 0.312 e. The molecule has 1 aliphatic heterocycles. The van der Waals surface area contributed by atoms with Crippen molar-refractivity contribution in [3.05, 3.63) is 37.8 Å². The Morgan fingerprint density at radius 1 is 1.40 bits per heavy atom. The summed E-state index contributed by atoms with van der Waals surface area (Å²) in [6.45, 7) is 1.52. The summed E-state index contributed by atoms with van der Waals surface area (Å²) in [5.41, 5.74) is 2.12. The first-order valence-electron chi connectivity index (χ1n) is 4.35. The summed E-state index contributed by atoms with van der Waals surface area (Å²) < 4.78 is 0.949. The molecule has 2 rings (SSSR count). The van der Waals surface area contributed by atoms with Crippen LogP contribution in [0.25, 0.3) is 0 Å². The Morgan fingerprint density at radius 2 is 2.13 bits per heavy atom. The van der Waals surface area contributed by atoms with Crippen molar-refractivity contribution in [1.82, 2.24) is 5.32 Å². The van der Waals surface area contributed by atoms with Crippen LogP contribution in [0, 0.1) is 10.1 Å². The molecule has 0 saturated carbocycles. The molecule has 0 saturated heterocycles. The first-order valence-corrected chi connectivity index (χ1v) is 5.15. The van der Waals surface area contributed by atoms with E-state index in [1.807, 2.05) is 0 Å². The van der Waals surface area contributed by atoms with Crippen LogP contribution in [0.2, 0.25) is 0 Å². The summed E-state index contributed by atoms with van der Waals surface area (Å²) in [5.74, 6) is 0. The molecule has 1 aromatic carbocycles. The lowest BCUT2D eigenvalue weighted by Gasteiger charge is -2.17. The highest BCUT2D eigenvalue weighted by molar-refractivity contribution is 9.10.